The van der Waals surface area contributed by atoms with Crippen molar-refractivity contribution in [1.82, 2.24) is 25.1 Å². The highest BCUT2D eigenvalue weighted by atomic mass is 16.1. The minimum Gasteiger partial charge on any atom is -0.369 e. The Morgan fingerprint density at radius 1 is 1.17 bits per heavy atom. The van der Waals surface area contributed by atoms with Gasteiger partial charge in [0.15, 0.2) is 0 Å². The maximum absolute atomic E-state index is 13.1. The molecule has 1 aliphatic rings. The van der Waals surface area contributed by atoms with Crippen molar-refractivity contribution in [1.29, 1.82) is 0 Å². The van der Waals surface area contributed by atoms with Crippen LogP contribution in [0.4, 0.5) is 11.8 Å². The zero-order valence-electron chi connectivity index (χ0n) is 16.7. The number of rotatable bonds is 9. The second-order valence-corrected chi connectivity index (χ2v) is 7.55. The van der Waals surface area contributed by atoms with Crippen molar-refractivity contribution >= 4 is 22.7 Å². The largest absolute Gasteiger partial charge is 0.369 e. The number of hydrogen-bond acceptors (Lipinski definition) is 7. The molecule has 1 saturated carbocycles. The zero-order chi connectivity index (χ0) is 20.2. The van der Waals surface area contributed by atoms with Gasteiger partial charge in [-0.1, -0.05) is 37.6 Å². The molecule has 0 unspecified atom stereocenters. The summed E-state index contributed by atoms with van der Waals surface area (Å²) in [5.41, 5.74) is 8.30. The maximum atomic E-state index is 13.1. The second-order valence-electron chi connectivity index (χ2n) is 7.55. The second kappa shape index (κ2) is 8.57. The van der Waals surface area contributed by atoms with Crippen molar-refractivity contribution in [2.45, 2.75) is 51.7 Å². The summed E-state index contributed by atoms with van der Waals surface area (Å²) < 4.78 is 1.45. The summed E-state index contributed by atoms with van der Waals surface area (Å²) >= 11 is 0. The molecule has 0 radical (unpaired) electrons. The number of unbranched alkanes of at least 4 members (excludes halogenated alkanes) is 1. The van der Waals surface area contributed by atoms with Crippen molar-refractivity contribution in [3.05, 3.63) is 51.9 Å². The Balaban J connectivity index is 1.56. The maximum Gasteiger partial charge on any atom is 0.280 e. The molecule has 152 valence electrons. The van der Waals surface area contributed by atoms with E-state index in [4.69, 9.17) is 5.73 Å². The molecule has 0 atom stereocenters. The van der Waals surface area contributed by atoms with Gasteiger partial charge in [0, 0.05) is 19.1 Å². The average Bonchev–Trinajstić information content (AvgIpc) is 3.54. The van der Waals surface area contributed by atoms with Gasteiger partial charge in [0.1, 0.15) is 16.7 Å². The Morgan fingerprint density at radius 2 is 1.93 bits per heavy atom. The number of nitrogens with one attached hydrogen (secondary N) is 2. The Hall–Kier alpha value is -3.00. The SMILES string of the molecule is CCCCNc1nc(N)nc2cnn(Cc3ccc(CNC4CC4)cc3)c(=O)c12. The van der Waals surface area contributed by atoms with Gasteiger partial charge in [0.25, 0.3) is 5.56 Å². The standard InChI is InChI=1S/C21H27N7O/c1-2-3-10-23-19-18-17(26-21(22)27-19)12-25-28(20(18)29)13-15-6-4-14(5-7-15)11-24-16-8-9-16/h4-7,12,16,24H,2-3,8-11,13H2,1H3,(H3,22,23,26,27). The summed E-state index contributed by atoms with van der Waals surface area (Å²) in [6, 6.07) is 8.97. The van der Waals surface area contributed by atoms with Gasteiger partial charge in [0.2, 0.25) is 5.95 Å². The molecule has 2 heterocycles. The first kappa shape index (κ1) is 19.3. The summed E-state index contributed by atoms with van der Waals surface area (Å²) in [7, 11) is 0. The molecule has 4 N–H and O–H groups in total. The highest BCUT2D eigenvalue weighted by Gasteiger charge is 2.19. The fourth-order valence-electron chi connectivity index (χ4n) is 3.22. The normalized spacial score (nSPS) is 13.7. The third-order valence-electron chi connectivity index (χ3n) is 5.07. The molecule has 0 saturated heterocycles. The molecule has 0 amide bonds. The van der Waals surface area contributed by atoms with Gasteiger partial charge in [-0.3, -0.25) is 4.79 Å². The summed E-state index contributed by atoms with van der Waals surface area (Å²) in [5.74, 6) is 0.606. The van der Waals surface area contributed by atoms with Crippen LogP contribution in [0.25, 0.3) is 10.9 Å². The van der Waals surface area contributed by atoms with Gasteiger partial charge in [-0.15, -0.1) is 0 Å². The molecule has 29 heavy (non-hydrogen) atoms. The Kier molecular flexibility index (Phi) is 5.71. The molecule has 0 spiro atoms. The van der Waals surface area contributed by atoms with Crippen molar-refractivity contribution in [2.24, 2.45) is 0 Å². The van der Waals surface area contributed by atoms with E-state index >= 15 is 0 Å². The molecular formula is C21H27N7O. The topological polar surface area (TPSA) is 111 Å². The van der Waals surface area contributed by atoms with Crippen molar-refractivity contribution < 1.29 is 0 Å². The Labute approximate surface area is 169 Å². The predicted molar refractivity (Wildman–Crippen MR) is 115 cm³/mol. The van der Waals surface area contributed by atoms with E-state index in [1.807, 2.05) is 12.1 Å². The molecule has 8 heteroatoms. The van der Waals surface area contributed by atoms with E-state index in [1.54, 1.807) is 6.20 Å². The van der Waals surface area contributed by atoms with E-state index in [-0.39, 0.29) is 11.5 Å². The van der Waals surface area contributed by atoms with Crippen molar-refractivity contribution in [3.63, 3.8) is 0 Å². The van der Waals surface area contributed by atoms with Gasteiger partial charge in [-0.05, 0) is 30.4 Å². The Bertz CT molecular complexity index is 1040. The number of fused-ring (bicyclic) bond motifs is 1. The van der Waals surface area contributed by atoms with Crippen LogP contribution in [0, 0.1) is 0 Å². The molecule has 1 aromatic carbocycles. The van der Waals surface area contributed by atoms with Gasteiger partial charge in [-0.25, -0.2) is 9.67 Å². The molecule has 0 bridgehead atoms. The fraction of sp³-hybridized carbons (Fsp3) is 0.429. The van der Waals surface area contributed by atoms with Gasteiger partial charge >= 0.3 is 0 Å². The van der Waals surface area contributed by atoms with Crippen molar-refractivity contribution in [2.75, 3.05) is 17.6 Å². The zero-order valence-corrected chi connectivity index (χ0v) is 16.7. The predicted octanol–water partition coefficient (Wildman–Crippen LogP) is 2.28. The fourth-order valence-corrected chi connectivity index (χ4v) is 3.22. The first-order valence-electron chi connectivity index (χ1n) is 10.2. The first-order valence-corrected chi connectivity index (χ1v) is 10.2. The van der Waals surface area contributed by atoms with Gasteiger partial charge in [0.05, 0.1) is 12.7 Å². The highest BCUT2D eigenvalue weighted by Crippen LogP contribution is 2.20. The van der Waals surface area contributed by atoms with Crippen LogP contribution in [-0.2, 0) is 13.1 Å². The number of aromatic nitrogens is 4. The molecule has 8 nitrogen and oxygen atoms in total. The van der Waals surface area contributed by atoms with Crippen LogP contribution in [0.3, 0.4) is 0 Å². The van der Waals surface area contributed by atoms with Gasteiger partial charge < -0.3 is 16.4 Å². The van der Waals surface area contributed by atoms with E-state index in [0.717, 1.165) is 31.5 Å². The summed E-state index contributed by atoms with van der Waals surface area (Å²) in [4.78, 5) is 21.5. The number of nitrogens with two attached hydrogens (primary N) is 1. The molecule has 3 aromatic rings. The average molecular weight is 393 g/mol. The minimum atomic E-state index is -0.221. The lowest BCUT2D eigenvalue weighted by Gasteiger charge is -2.11. The van der Waals surface area contributed by atoms with Crippen LogP contribution < -0.4 is 21.9 Å². The number of anilines is 2. The van der Waals surface area contributed by atoms with Crippen LogP contribution in [0.5, 0.6) is 0 Å². The Morgan fingerprint density at radius 3 is 2.66 bits per heavy atom. The van der Waals surface area contributed by atoms with E-state index in [0.29, 0.717) is 29.3 Å². The lowest BCUT2D eigenvalue weighted by molar-refractivity contribution is 0.645. The molecule has 4 rings (SSSR count). The molecular weight excluding hydrogens is 366 g/mol. The molecule has 2 aromatic heterocycles. The third-order valence-corrected chi connectivity index (χ3v) is 5.07. The van der Waals surface area contributed by atoms with E-state index < -0.39 is 0 Å². The van der Waals surface area contributed by atoms with Gasteiger partial charge in [-0.2, -0.15) is 10.1 Å². The highest BCUT2D eigenvalue weighted by molar-refractivity contribution is 5.88. The number of hydrogen-bond donors (Lipinski definition) is 3. The van der Waals surface area contributed by atoms with Crippen LogP contribution >= 0.6 is 0 Å². The monoisotopic (exact) mass is 393 g/mol. The minimum absolute atomic E-state index is 0.130. The van der Waals surface area contributed by atoms with Crippen LogP contribution in [0.15, 0.2) is 35.3 Å². The third kappa shape index (κ3) is 4.71. The molecule has 1 aliphatic carbocycles. The molecule has 0 aliphatic heterocycles. The number of benzene rings is 1. The van der Waals surface area contributed by atoms with Crippen molar-refractivity contribution in [3.8, 4) is 0 Å². The molecule has 1 fully saturated rings. The van der Waals surface area contributed by atoms with Crippen LogP contribution in [-0.4, -0.2) is 32.3 Å². The van der Waals surface area contributed by atoms with Crippen LogP contribution in [0.2, 0.25) is 0 Å². The number of nitrogens with zero attached hydrogens (tertiary/aromatic N) is 4. The lowest BCUT2D eigenvalue weighted by Crippen LogP contribution is -2.25. The first-order chi connectivity index (χ1) is 14.1. The van der Waals surface area contributed by atoms with E-state index in [9.17, 15) is 4.79 Å². The summed E-state index contributed by atoms with van der Waals surface area (Å²) in [6.45, 7) is 4.10. The lowest BCUT2D eigenvalue weighted by atomic mass is 10.1. The van der Waals surface area contributed by atoms with Crippen LogP contribution in [0.1, 0.15) is 43.7 Å². The number of nitrogen functional groups attached to an aromatic ring is 1. The quantitative estimate of drug-likeness (QED) is 0.478. The summed E-state index contributed by atoms with van der Waals surface area (Å²) in [6.07, 6.45) is 6.16. The smallest absolute Gasteiger partial charge is 0.280 e. The summed E-state index contributed by atoms with van der Waals surface area (Å²) in [5, 5.41) is 11.4. The van der Waals surface area contributed by atoms with E-state index in [1.165, 1.54) is 23.1 Å². The van der Waals surface area contributed by atoms with E-state index in [2.05, 4.69) is 44.8 Å².